The minimum Gasteiger partial charge on any atom is -0.386 e. The Labute approximate surface area is 239 Å². The van der Waals surface area contributed by atoms with E-state index in [1.54, 1.807) is 56.3 Å². The minimum atomic E-state index is -4.54. The summed E-state index contributed by atoms with van der Waals surface area (Å²) in [5.74, 6) is -0.550. The molecule has 1 amide bonds. The van der Waals surface area contributed by atoms with Crippen molar-refractivity contribution in [3.05, 3.63) is 65.5 Å². The van der Waals surface area contributed by atoms with Crippen molar-refractivity contribution in [2.75, 3.05) is 25.5 Å². The van der Waals surface area contributed by atoms with Gasteiger partial charge in [-0.25, -0.2) is 4.39 Å². The number of fused-ring (bicyclic) bond motifs is 1. The number of nitrogens with zero attached hydrogens (tertiary/aromatic N) is 4. The van der Waals surface area contributed by atoms with Gasteiger partial charge in [0.25, 0.3) is 5.91 Å². The number of anilines is 1. The fourth-order valence-corrected chi connectivity index (χ4v) is 5.09. The molecule has 0 bridgehead atoms. The smallest absolute Gasteiger partial charge is 0.386 e. The van der Waals surface area contributed by atoms with Gasteiger partial charge in [0.05, 0.1) is 29.4 Å². The van der Waals surface area contributed by atoms with Crippen LogP contribution in [-0.2, 0) is 18.7 Å². The summed E-state index contributed by atoms with van der Waals surface area (Å²) in [5, 5.41) is 20.4. The highest BCUT2D eigenvalue weighted by Gasteiger charge is 2.32. The van der Waals surface area contributed by atoms with E-state index in [-0.39, 0.29) is 36.0 Å². The molecule has 42 heavy (non-hydrogen) atoms. The second kappa shape index (κ2) is 11.4. The number of carbonyl (C=O) groups is 1. The van der Waals surface area contributed by atoms with Crippen LogP contribution in [0.5, 0.6) is 0 Å². The predicted octanol–water partition coefficient (Wildman–Crippen LogP) is 4.87. The van der Waals surface area contributed by atoms with Crippen LogP contribution in [0.3, 0.4) is 0 Å². The highest BCUT2D eigenvalue weighted by molar-refractivity contribution is 5.96. The number of nitrogens with one attached hydrogen (secondary N) is 2. The van der Waals surface area contributed by atoms with Crippen LogP contribution in [0.15, 0.2) is 53.1 Å². The largest absolute Gasteiger partial charge is 0.406 e. The SMILES string of the molecule is CN1CC[C@@H](Nc2cccc3c2cc(-c2noc(CNC(=O)c4cccc(C(C)(C)O)c4)n2)n3CC(F)(F)F)[C@@H](F)C1. The third-order valence-corrected chi connectivity index (χ3v) is 7.30. The number of carbonyl (C=O) groups excluding carboxylic acids is 1. The van der Waals surface area contributed by atoms with Crippen LogP contribution in [0.1, 0.15) is 42.1 Å². The van der Waals surface area contributed by atoms with Gasteiger partial charge >= 0.3 is 6.18 Å². The highest BCUT2D eigenvalue weighted by Crippen LogP contribution is 2.35. The predicted molar refractivity (Wildman–Crippen MR) is 149 cm³/mol. The average molecular weight is 589 g/mol. The molecule has 3 heterocycles. The third-order valence-electron chi connectivity index (χ3n) is 7.30. The lowest BCUT2D eigenvalue weighted by atomic mass is 9.96. The lowest BCUT2D eigenvalue weighted by Crippen LogP contribution is -2.46. The summed E-state index contributed by atoms with van der Waals surface area (Å²) in [6, 6.07) is 12.4. The van der Waals surface area contributed by atoms with E-state index in [9.17, 15) is 27.5 Å². The molecule has 1 fully saturated rings. The van der Waals surface area contributed by atoms with Gasteiger partial charge in [-0.1, -0.05) is 23.4 Å². The summed E-state index contributed by atoms with van der Waals surface area (Å²) in [7, 11) is 1.84. The molecule has 0 unspecified atom stereocenters. The standard InChI is InChI=1S/C29H32F4N6O3/c1-28(2,41)18-7-4-6-17(12-18)27(40)34-14-25-36-26(37-42-25)24-13-19-21(35-22-10-11-38(3)15-20(22)30)8-5-9-23(19)39(24)16-29(31,32)33/h4-9,12-13,20,22,35,41H,10-11,14-16H2,1-3H3,(H,34,40)/t20-,22+/m0/s1. The van der Waals surface area contributed by atoms with Crippen LogP contribution in [0.25, 0.3) is 22.4 Å². The maximum Gasteiger partial charge on any atom is 0.406 e. The molecule has 9 nitrogen and oxygen atoms in total. The first kappa shape index (κ1) is 29.5. The topological polar surface area (TPSA) is 108 Å². The number of benzene rings is 2. The van der Waals surface area contributed by atoms with Crippen LogP contribution >= 0.6 is 0 Å². The van der Waals surface area contributed by atoms with Crippen molar-refractivity contribution in [2.24, 2.45) is 0 Å². The normalized spacial score (nSPS) is 18.4. The molecule has 2 atom stereocenters. The van der Waals surface area contributed by atoms with Gasteiger partial charge in [0.1, 0.15) is 12.7 Å². The molecule has 1 aliphatic heterocycles. The van der Waals surface area contributed by atoms with Crippen LogP contribution in [0.2, 0.25) is 0 Å². The first-order chi connectivity index (χ1) is 19.8. The molecule has 13 heteroatoms. The first-order valence-electron chi connectivity index (χ1n) is 13.5. The molecule has 5 rings (SSSR count). The lowest BCUT2D eigenvalue weighted by Gasteiger charge is -2.33. The van der Waals surface area contributed by atoms with Gasteiger partial charge in [0.2, 0.25) is 11.7 Å². The maximum absolute atomic E-state index is 14.7. The third kappa shape index (κ3) is 6.57. The zero-order valence-corrected chi connectivity index (χ0v) is 23.4. The molecule has 3 N–H and O–H groups in total. The quantitative estimate of drug-likeness (QED) is 0.252. The molecular weight excluding hydrogens is 556 g/mol. The summed E-state index contributed by atoms with van der Waals surface area (Å²) < 4.78 is 62.0. The number of alkyl halides is 4. The van der Waals surface area contributed by atoms with Crippen molar-refractivity contribution in [1.82, 2.24) is 24.9 Å². The molecule has 4 aromatic rings. The molecule has 0 aliphatic carbocycles. The molecular formula is C29H32F4N6O3. The van der Waals surface area contributed by atoms with E-state index in [4.69, 9.17) is 4.52 Å². The fraction of sp³-hybridized carbons (Fsp3) is 0.414. The lowest BCUT2D eigenvalue weighted by molar-refractivity contribution is -0.139. The number of amides is 1. The van der Waals surface area contributed by atoms with Gasteiger partial charge in [-0.15, -0.1) is 0 Å². The summed E-state index contributed by atoms with van der Waals surface area (Å²) in [6.45, 7) is 2.70. The summed E-state index contributed by atoms with van der Waals surface area (Å²) in [5.41, 5.74) is 0.580. The maximum atomic E-state index is 14.7. The highest BCUT2D eigenvalue weighted by atomic mass is 19.4. The molecule has 2 aromatic carbocycles. The van der Waals surface area contributed by atoms with Gasteiger partial charge in [0.15, 0.2) is 0 Å². The van der Waals surface area contributed by atoms with Crippen molar-refractivity contribution in [3.8, 4) is 11.5 Å². The van der Waals surface area contributed by atoms with E-state index < -0.39 is 36.4 Å². The summed E-state index contributed by atoms with van der Waals surface area (Å²) in [6.07, 6.45) is -5.13. The molecule has 1 aliphatic rings. The van der Waals surface area contributed by atoms with E-state index >= 15 is 0 Å². The molecule has 0 saturated carbocycles. The zero-order valence-electron chi connectivity index (χ0n) is 23.4. The van der Waals surface area contributed by atoms with Gasteiger partial charge in [0, 0.05) is 29.7 Å². The number of aromatic nitrogens is 3. The van der Waals surface area contributed by atoms with Crippen LogP contribution < -0.4 is 10.6 Å². The first-order valence-corrected chi connectivity index (χ1v) is 13.5. The Balaban J connectivity index is 1.40. The van der Waals surface area contributed by atoms with Crippen molar-refractivity contribution in [2.45, 2.75) is 57.3 Å². The molecule has 0 radical (unpaired) electrons. The fourth-order valence-electron chi connectivity index (χ4n) is 5.09. The number of hydrogen-bond acceptors (Lipinski definition) is 7. The Hall–Kier alpha value is -3.97. The van der Waals surface area contributed by atoms with Crippen molar-refractivity contribution in [1.29, 1.82) is 0 Å². The second-order valence-electron chi connectivity index (χ2n) is 11.1. The Kier molecular flexibility index (Phi) is 7.99. The van der Waals surface area contributed by atoms with Crippen molar-refractivity contribution < 1.29 is 32.0 Å². The number of rotatable bonds is 8. The van der Waals surface area contributed by atoms with E-state index in [0.29, 0.717) is 35.2 Å². The number of halogens is 4. The van der Waals surface area contributed by atoms with E-state index in [1.165, 1.54) is 6.07 Å². The van der Waals surface area contributed by atoms with E-state index in [2.05, 4.69) is 20.8 Å². The van der Waals surface area contributed by atoms with Gasteiger partial charge < -0.3 is 29.7 Å². The zero-order chi connectivity index (χ0) is 30.2. The number of hydrogen-bond donors (Lipinski definition) is 3. The Bertz CT molecular complexity index is 1580. The van der Waals surface area contributed by atoms with Gasteiger partial charge in [-0.2, -0.15) is 18.2 Å². The molecule has 1 saturated heterocycles. The number of likely N-dealkylation sites (tertiary alicyclic amines) is 1. The molecule has 224 valence electrons. The van der Waals surface area contributed by atoms with Gasteiger partial charge in [-0.3, -0.25) is 4.79 Å². The Morgan fingerprint density at radius 3 is 2.64 bits per heavy atom. The van der Waals surface area contributed by atoms with Gasteiger partial charge in [-0.05, 0) is 63.2 Å². The minimum absolute atomic E-state index is 0.00856. The second-order valence-corrected chi connectivity index (χ2v) is 11.1. The number of aliphatic hydroxyl groups is 1. The average Bonchev–Trinajstić information content (AvgIpc) is 3.53. The molecule has 2 aromatic heterocycles. The molecule has 0 spiro atoms. The van der Waals surface area contributed by atoms with Crippen LogP contribution in [0, 0.1) is 0 Å². The van der Waals surface area contributed by atoms with Crippen molar-refractivity contribution >= 4 is 22.5 Å². The summed E-state index contributed by atoms with van der Waals surface area (Å²) >= 11 is 0. The monoisotopic (exact) mass is 588 g/mol. The van der Waals surface area contributed by atoms with Crippen LogP contribution in [-0.4, -0.2) is 69.1 Å². The van der Waals surface area contributed by atoms with E-state index in [0.717, 1.165) is 4.57 Å². The van der Waals surface area contributed by atoms with Crippen LogP contribution in [0.4, 0.5) is 23.2 Å². The van der Waals surface area contributed by atoms with E-state index in [1.807, 2.05) is 11.9 Å². The number of piperidine rings is 1. The summed E-state index contributed by atoms with van der Waals surface area (Å²) in [4.78, 5) is 18.8. The Morgan fingerprint density at radius 1 is 1.17 bits per heavy atom. The van der Waals surface area contributed by atoms with Crippen molar-refractivity contribution in [3.63, 3.8) is 0 Å². The Morgan fingerprint density at radius 2 is 1.93 bits per heavy atom.